The van der Waals surface area contributed by atoms with Crippen LogP contribution in [0.15, 0.2) is 48.5 Å². The number of anilines is 1. The number of carbonyl (C=O) groups is 2. The van der Waals surface area contributed by atoms with E-state index >= 15 is 0 Å². The molecule has 1 aromatic heterocycles. The summed E-state index contributed by atoms with van der Waals surface area (Å²) in [4.78, 5) is 27.8. The molecule has 3 aromatic rings. The second kappa shape index (κ2) is 14.3. The third-order valence-electron chi connectivity index (χ3n) is 6.90. The predicted molar refractivity (Wildman–Crippen MR) is 157 cm³/mol. The Kier molecular flexibility index (Phi) is 10.6. The summed E-state index contributed by atoms with van der Waals surface area (Å²) >= 11 is 0. The Morgan fingerprint density at radius 2 is 1.66 bits per heavy atom. The van der Waals surface area contributed by atoms with Crippen molar-refractivity contribution in [2.45, 2.75) is 53.1 Å². The molecule has 0 spiro atoms. The van der Waals surface area contributed by atoms with E-state index in [1.54, 1.807) is 9.58 Å². The van der Waals surface area contributed by atoms with Gasteiger partial charge in [-0.3, -0.25) is 9.59 Å². The average molecular weight is 564 g/mol. The van der Waals surface area contributed by atoms with E-state index < -0.39 is 0 Å². The van der Waals surface area contributed by atoms with Crippen LogP contribution in [0, 0.1) is 5.41 Å². The summed E-state index contributed by atoms with van der Waals surface area (Å²) in [5.74, 6) is -0.351. The number of carbonyl (C=O) groups excluding carboxylic acids is 2. The lowest BCUT2D eigenvalue weighted by atomic mass is 9.93. The Hall–Kier alpha value is -3.60. The van der Waals surface area contributed by atoms with E-state index in [0.29, 0.717) is 57.4 Å². The van der Waals surface area contributed by atoms with Gasteiger partial charge in [-0.1, -0.05) is 68.4 Å². The van der Waals surface area contributed by atoms with Crippen LogP contribution in [0.5, 0.6) is 0 Å². The molecule has 10 nitrogen and oxygen atoms in total. The van der Waals surface area contributed by atoms with E-state index in [4.69, 9.17) is 9.47 Å². The summed E-state index contributed by atoms with van der Waals surface area (Å²) in [6, 6.07) is 15.4. The van der Waals surface area contributed by atoms with E-state index in [-0.39, 0.29) is 36.7 Å². The van der Waals surface area contributed by atoms with Crippen molar-refractivity contribution in [3.63, 3.8) is 0 Å². The van der Waals surface area contributed by atoms with E-state index in [2.05, 4.69) is 36.4 Å². The van der Waals surface area contributed by atoms with Crippen LogP contribution in [0.4, 0.5) is 5.69 Å². The van der Waals surface area contributed by atoms with Crippen molar-refractivity contribution in [1.29, 1.82) is 0 Å². The third-order valence-corrected chi connectivity index (χ3v) is 6.90. The maximum atomic E-state index is 13.6. The molecule has 2 amide bonds. The van der Waals surface area contributed by atoms with Gasteiger partial charge in [0.1, 0.15) is 5.69 Å². The summed E-state index contributed by atoms with van der Waals surface area (Å²) in [7, 11) is 0. The number of ether oxygens (including phenoxy) is 2. The minimum atomic E-state index is -0.196. The fourth-order valence-electron chi connectivity index (χ4n) is 4.70. The van der Waals surface area contributed by atoms with Crippen LogP contribution in [0.2, 0.25) is 0 Å². The van der Waals surface area contributed by atoms with E-state index in [1.807, 2.05) is 48.5 Å². The standard InChI is InChI=1S/C31H41N5O5/c1-31(2,3)14-18-40-20-21-41-19-15-32-27(38)12-13-28(39)35-22-23-8-4-5-9-24(23)30-29(33-34-36(30)16-17-37)25-10-6-7-11-26(25)35/h4-11,37H,12-22H2,1-3H3,(H,32,38). The van der Waals surface area contributed by atoms with E-state index in [9.17, 15) is 14.7 Å². The molecule has 4 rings (SSSR count). The van der Waals surface area contributed by atoms with Crippen LogP contribution < -0.4 is 10.2 Å². The lowest BCUT2D eigenvalue weighted by molar-refractivity contribution is -0.125. The Balaban J connectivity index is 1.34. The van der Waals surface area contributed by atoms with Gasteiger partial charge in [-0.2, -0.15) is 0 Å². The molecule has 0 saturated carbocycles. The summed E-state index contributed by atoms with van der Waals surface area (Å²) in [6.45, 7) is 9.59. The van der Waals surface area contributed by atoms with Crippen molar-refractivity contribution >= 4 is 17.5 Å². The first-order valence-electron chi connectivity index (χ1n) is 14.2. The first-order valence-corrected chi connectivity index (χ1v) is 14.2. The third kappa shape index (κ3) is 8.22. The zero-order valence-corrected chi connectivity index (χ0v) is 24.3. The van der Waals surface area contributed by atoms with Crippen molar-refractivity contribution in [3.8, 4) is 22.5 Å². The van der Waals surface area contributed by atoms with Gasteiger partial charge >= 0.3 is 0 Å². The molecule has 0 atom stereocenters. The van der Waals surface area contributed by atoms with Gasteiger partial charge in [0, 0.05) is 37.1 Å². The molecule has 2 aromatic carbocycles. The number of aromatic nitrogens is 3. The molecule has 1 aliphatic rings. The lowest BCUT2D eigenvalue weighted by Crippen LogP contribution is -2.34. The monoisotopic (exact) mass is 563 g/mol. The molecular formula is C31H41N5O5. The highest BCUT2D eigenvalue weighted by Crippen LogP contribution is 2.41. The zero-order chi connectivity index (χ0) is 29.2. The topological polar surface area (TPSA) is 119 Å². The number of para-hydroxylation sites is 1. The minimum absolute atomic E-state index is 0.0644. The van der Waals surface area contributed by atoms with Crippen molar-refractivity contribution < 1.29 is 24.2 Å². The van der Waals surface area contributed by atoms with Gasteiger partial charge in [-0.05, 0) is 23.5 Å². The largest absolute Gasteiger partial charge is 0.394 e. The molecule has 41 heavy (non-hydrogen) atoms. The van der Waals surface area contributed by atoms with Crippen LogP contribution in [-0.4, -0.2) is 71.5 Å². The molecule has 0 unspecified atom stereocenters. The van der Waals surface area contributed by atoms with Crippen LogP contribution in [0.3, 0.4) is 0 Å². The summed E-state index contributed by atoms with van der Waals surface area (Å²) in [6.07, 6.45) is 1.13. The maximum absolute atomic E-state index is 13.6. The molecule has 0 fully saturated rings. The van der Waals surface area contributed by atoms with Crippen LogP contribution in [-0.2, 0) is 32.2 Å². The Morgan fingerprint density at radius 3 is 2.41 bits per heavy atom. The SMILES string of the molecule is CC(C)(C)CCOCCOCCNC(=O)CCC(=O)N1Cc2ccccc2-c2c(nnn2CCO)-c2ccccc21. The number of amides is 2. The summed E-state index contributed by atoms with van der Waals surface area (Å²) in [5, 5.41) is 21.2. The van der Waals surface area contributed by atoms with Gasteiger partial charge in [-0.15, -0.1) is 5.10 Å². The number of aliphatic hydroxyl groups is 1. The molecular weight excluding hydrogens is 522 g/mol. The number of aliphatic hydroxyl groups excluding tert-OH is 1. The fourth-order valence-corrected chi connectivity index (χ4v) is 4.70. The molecule has 0 saturated heterocycles. The Morgan fingerprint density at radius 1 is 0.951 bits per heavy atom. The van der Waals surface area contributed by atoms with Crippen molar-refractivity contribution in [1.82, 2.24) is 20.3 Å². The predicted octanol–water partition coefficient (Wildman–Crippen LogP) is 3.82. The summed E-state index contributed by atoms with van der Waals surface area (Å²) in [5.41, 5.74) is 5.04. The van der Waals surface area contributed by atoms with Gasteiger partial charge in [0.25, 0.3) is 0 Å². The molecule has 0 aliphatic carbocycles. The average Bonchev–Trinajstić information content (AvgIpc) is 3.35. The van der Waals surface area contributed by atoms with E-state index in [1.165, 1.54) is 0 Å². The number of fused-ring (bicyclic) bond motifs is 5. The van der Waals surface area contributed by atoms with E-state index in [0.717, 1.165) is 28.8 Å². The highest BCUT2D eigenvalue weighted by molar-refractivity contribution is 6.01. The first kappa shape index (κ1) is 30.4. The maximum Gasteiger partial charge on any atom is 0.227 e. The molecule has 220 valence electrons. The first-order chi connectivity index (χ1) is 19.8. The molecule has 2 heterocycles. The minimum Gasteiger partial charge on any atom is -0.394 e. The molecule has 0 bridgehead atoms. The van der Waals surface area contributed by atoms with Gasteiger partial charge in [0.15, 0.2) is 0 Å². The second-order valence-corrected chi connectivity index (χ2v) is 11.3. The smallest absolute Gasteiger partial charge is 0.227 e. The molecule has 2 N–H and O–H groups in total. The van der Waals surface area contributed by atoms with Gasteiger partial charge in [-0.25, -0.2) is 4.68 Å². The second-order valence-electron chi connectivity index (χ2n) is 11.3. The zero-order valence-electron chi connectivity index (χ0n) is 24.3. The van der Waals surface area contributed by atoms with Gasteiger partial charge in [0.05, 0.1) is 50.9 Å². The highest BCUT2D eigenvalue weighted by atomic mass is 16.5. The number of benzene rings is 2. The molecule has 1 aliphatic heterocycles. The Labute approximate surface area is 241 Å². The van der Waals surface area contributed by atoms with Crippen LogP contribution in [0.1, 0.15) is 45.6 Å². The van der Waals surface area contributed by atoms with Crippen molar-refractivity contribution in [2.75, 3.05) is 44.5 Å². The van der Waals surface area contributed by atoms with Crippen LogP contribution >= 0.6 is 0 Å². The highest BCUT2D eigenvalue weighted by Gasteiger charge is 2.29. The normalized spacial score (nSPS) is 12.6. The lowest BCUT2D eigenvalue weighted by Gasteiger charge is -2.28. The molecule has 10 heteroatoms. The Bertz CT molecular complexity index is 1320. The summed E-state index contributed by atoms with van der Waals surface area (Å²) < 4.78 is 12.8. The van der Waals surface area contributed by atoms with Gasteiger partial charge < -0.3 is 24.8 Å². The van der Waals surface area contributed by atoms with Crippen LogP contribution in [0.25, 0.3) is 22.5 Å². The number of hydrogen-bond donors (Lipinski definition) is 2. The number of nitrogens with one attached hydrogen (secondary N) is 1. The number of hydrogen-bond acceptors (Lipinski definition) is 7. The quantitative estimate of drug-likeness (QED) is 0.304. The number of rotatable bonds is 13. The fraction of sp³-hybridized carbons (Fsp3) is 0.484. The van der Waals surface area contributed by atoms with Crippen molar-refractivity contribution in [3.05, 3.63) is 54.1 Å². The van der Waals surface area contributed by atoms with Crippen molar-refractivity contribution in [2.24, 2.45) is 5.41 Å². The molecule has 0 radical (unpaired) electrons. The number of nitrogens with zero attached hydrogens (tertiary/aromatic N) is 4. The van der Waals surface area contributed by atoms with Gasteiger partial charge in [0.2, 0.25) is 11.8 Å².